The zero-order chi connectivity index (χ0) is 16.0. The summed E-state index contributed by atoms with van der Waals surface area (Å²) in [7, 11) is 1.87. The average molecular weight is 298 g/mol. The lowest BCUT2D eigenvalue weighted by atomic mass is 10.0. The van der Waals surface area contributed by atoms with Gasteiger partial charge in [0.25, 0.3) is 0 Å². The fourth-order valence-corrected chi connectivity index (χ4v) is 2.59. The fraction of sp³-hybridized carbons (Fsp3) is 0.118. The summed E-state index contributed by atoms with van der Waals surface area (Å²) < 4.78 is 1.92. The number of pyridine rings is 1. The lowest BCUT2D eigenvalue weighted by molar-refractivity contribution is -0.665. The number of nitrogens with zero attached hydrogens (tertiary/aromatic N) is 1. The third-order valence-corrected chi connectivity index (χ3v) is 3.96. The van der Waals surface area contributed by atoms with Gasteiger partial charge in [-0.15, -0.1) is 0 Å². The van der Waals surface area contributed by atoms with Gasteiger partial charge in [0.15, 0.2) is 28.7 Å². The molecule has 5 heteroatoms. The number of fused-ring (bicyclic) bond motifs is 1. The standard InChI is InChI=1S/C17H15NO4/c1-9-12-8-17(22)16(21)7-11(12)5-13(18(9)2)10-3-4-14(19)15(20)6-10/h3-8H,1-2H3,(H3,19,20,21,22)/p+1. The highest BCUT2D eigenvalue weighted by Crippen LogP contribution is 2.34. The van der Waals surface area contributed by atoms with Crippen molar-refractivity contribution in [3.05, 3.63) is 42.1 Å². The monoisotopic (exact) mass is 298 g/mol. The van der Waals surface area contributed by atoms with Gasteiger partial charge in [-0.25, -0.2) is 0 Å². The quantitative estimate of drug-likeness (QED) is 0.411. The van der Waals surface area contributed by atoms with Gasteiger partial charge < -0.3 is 20.4 Å². The average Bonchev–Trinajstić information content (AvgIpc) is 2.48. The van der Waals surface area contributed by atoms with Crippen molar-refractivity contribution in [2.45, 2.75) is 6.92 Å². The minimum atomic E-state index is -0.191. The Kier molecular flexibility index (Phi) is 3.06. The number of benzene rings is 2. The molecule has 0 saturated carbocycles. The van der Waals surface area contributed by atoms with E-state index in [0.29, 0.717) is 0 Å². The largest absolute Gasteiger partial charge is 0.504 e. The molecule has 22 heavy (non-hydrogen) atoms. The summed E-state index contributed by atoms with van der Waals surface area (Å²) in [4.78, 5) is 0. The number of aromatic nitrogens is 1. The number of hydrogen-bond donors (Lipinski definition) is 4. The van der Waals surface area contributed by atoms with Crippen LogP contribution in [0.1, 0.15) is 5.69 Å². The second-order valence-electron chi connectivity index (χ2n) is 5.31. The van der Waals surface area contributed by atoms with Gasteiger partial charge in [0.1, 0.15) is 7.05 Å². The highest BCUT2D eigenvalue weighted by atomic mass is 16.3. The van der Waals surface area contributed by atoms with E-state index < -0.39 is 0 Å². The van der Waals surface area contributed by atoms with E-state index in [2.05, 4.69) is 0 Å². The van der Waals surface area contributed by atoms with E-state index in [1.54, 1.807) is 6.07 Å². The zero-order valence-corrected chi connectivity index (χ0v) is 12.2. The maximum absolute atomic E-state index is 9.69. The van der Waals surface area contributed by atoms with Crippen molar-refractivity contribution < 1.29 is 25.0 Å². The third-order valence-electron chi connectivity index (χ3n) is 3.96. The van der Waals surface area contributed by atoms with Crippen molar-refractivity contribution in [3.63, 3.8) is 0 Å². The molecule has 5 nitrogen and oxygen atoms in total. The number of phenolic OH excluding ortho intramolecular Hbond substituents is 4. The number of hydrogen-bond acceptors (Lipinski definition) is 4. The van der Waals surface area contributed by atoms with E-state index in [4.69, 9.17) is 0 Å². The van der Waals surface area contributed by atoms with Gasteiger partial charge in [0, 0.05) is 13.0 Å². The molecule has 0 saturated heterocycles. The van der Waals surface area contributed by atoms with Crippen LogP contribution in [0, 0.1) is 6.92 Å². The molecule has 0 radical (unpaired) electrons. The molecule has 0 amide bonds. The molecule has 0 aliphatic rings. The zero-order valence-electron chi connectivity index (χ0n) is 12.2. The first-order chi connectivity index (χ1) is 10.4. The molecule has 3 rings (SSSR count). The van der Waals surface area contributed by atoms with Crippen LogP contribution in [0.15, 0.2) is 36.4 Å². The van der Waals surface area contributed by atoms with Gasteiger partial charge in [-0.05, 0) is 35.7 Å². The summed E-state index contributed by atoms with van der Waals surface area (Å²) in [6.45, 7) is 1.91. The predicted octanol–water partition coefficient (Wildman–Crippen LogP) is 2.46. The molecule has 4 N–H and O–H groups in total. The van der Waals surface area contributed by atoms with Gasteiger partial charge in [0.05, 0.1) is 10.9 Å². The summed E-state index contributed by atoms with van der Waals surface area (Å²) in [5.74, 6) is -0.707. The van der Waals surface area contributed by atoms with Crippen LogP contribution in [0.25, 0.3) is 22.0 Å². The van der Waals surface area contributed by atoms with Gasteiger partial charge >= 0.3 is 0 Å². The highest BCUT2D eigenvalue weighted by Gasteiger charge is 2.19. The lowest BCUT2D eigenvalue weighted by Gasteiger charge is -2.09. The molecule has 0 bridgehead atoms. The molecule has 112 valence electrons. The molecule has 3 aromatic rings. The first kappa shape index (κ1) is 14.0. The van der Waals surface area contributed by atoms with Crippen LogP contribution in [-0.2, 0) is 7.05 Å². The first-order valence-electron chi connectivity index (χ1n) is 6.76. The van der Waals surface area contributed by atoms with Crippen molar-refractivity contribution in [2.75, 3.05) is 0 Å². The Labute approximate surface area is 127 Å². The predicted molar refractivity (Wildman–Crippen MR) is 82.0 cm³/mol. The minimum absolute atomic E-state index is 0.161. The second kappa shape index (κ2) is 4.80. The molecule has 0 aliphatic carbocycles. The van der Waals surface area contributed by atoms with Gasteiger partial charge in [-0.3, -0.25) is 0 Å². The summed E-state index contributed by atoms with van der Waals surface area (Å²) in [6.07, 6.45) is 0. The molecular weight excluding hydrogens is 282 g/mol. The number of rotatable bonds is 1. The van der Waals surface area contributed by atoms with Crippen LogP contribution < -0.4 is 4.57 Å². The van der Waals surface area contributed by atoms with Crippen molar-refractivity contribution in [3.8, 4) is 34.3 Å². The molecule has 0 atom stereocenters. The molecule has 0 fully saturated rings. The normalized spacial score (nSPS) is 11.0. The van der Waals surface area contributed by atoms with Gasteiger partial charge in [-0.2, -0.15) is 4.57 Å². The van der Waals surface area contributed by atoms with Crippen molar-refractivity contribution >= 4 is 10.8 Å². The van der Waals surface area contributed by atoms with E-state index in [0.717, 1.165) is 27.7 Å². The fourth-order valence-electron chi connectivity index (χ4n) is 2.59. The third kappa shape index (κ3) is 2.07. The van der Waals surface area contributed by atoms with E-state index >= 15 is 0 Å². The van der Waals surface area contributed by atoms with Crippen LogP contribution in [0.3, 0.4) is 0 Å². The SMILES string of the molecule is Cc1c2cc(O)c(O)cc2cc(-c2ccc(O)c(O)c2)[n+]1C. The van der Waals surface area contributed by atoms with Crippen LogP contribution in [0.4, 0.5) is 0 Å². The van der Waals surface area contributed by atoms with E-state index in [-0.39, 0.29) is 23.0 Å². The Hall–Kier alpha value is -2.95. The summed E-state index contributed by atoms with van der Waals surface area (Å²) in [5, 5.41) is 40.1. The van der Waals surface area contributed by atoms with Crippen LogP contribution in [0.2, 0.25) is 0 Å². The molecule has 0 unspecified atom stereocenters. The van der Waals surface area contributed by atoms with E-state index in [1.165, 1.54) is 24.3 Å². The van der Waals surface area contributed by atoms with Crippen molar-refractivity contribution in [1.82, 2.24) is 0 Å². The second-order valence-corrected chi connectivity index (χ2v) is 5.31. The molecule has 2 aromatic carbocycles. The molecule has 0 aliphatic heterocycles. The maximum Gasteiger partial charge on any atom is 0.213 e. The summed E-state index contributed by atoms with van der Waals surface area (Å²) in [5.41, 5.74) is 2.44. The van der Waals surface area contributed by atoms with Crippen molar-refractivity contribution in [2.24, 2.45) is 7.05 Å². The van der Waals surface area contributed by atoms with Gasteiger partial charge in [-0.1, -0.05) is 0 Å². The van der Waals surface area contributed by atoms with Crippen molar-refractivity contribution in [1.29, 1.82) is 0 Å². The Morgan fingerprint density at radius 2 is 1.41 bits per heavy atom. The van der Waals surface area contributed by atoms with E-state index in [9.17, 15) is 20.4 Å². The van der Waals surface area contributed by atoms with E-state index in [1.807, 2.05) is 24.6 Å². The van der Waals surface area contributed by atoms with Crippen LogP contribution in [-0.4, -0.2) is 20.4 Å². The Morgan fingerprint density at radius 1 is 0.773 bits per heavy atom. The molecule has 1 aromatic heterocycles. The number of aromatic hydroxyl groups is 4. The molecular formula is C17H16NO4+. The summed E-state index contributed by atoms with van der Waals surface area (Å²) in [6, 6.07) is 9.50. The smallest absolute Gasteiger partial charge is 0.213 e. The Balaban J connectivity index is 2.32. The highest BCUT2D eigenvalue weighted by molar-refractivity contribution is 5.89. The number of phenols is 4. The first-order valence-corrected chi connectivity index (χ1v) is 6.76. The Morgan fingerprint density at radius 3 is 2.09 bits per heavy atom. The topological polar surface area (TPSA) is 84.8 Å². The number of aryl methyl sites for hydroxylation is 1. The van der Waals surface area contributed by atoms with Gasteiger partial charge in [0.2, 0.25) is 5.69 Å². The minimum Gasteiger partial charge on any atom is -0.504 e. The maximum atomic E-state index is 9.69. The summed E-state index contributed by atoms with van der Waals surface area (Å²) >= 11 is 0. The lowest BCUT2D eigenvalue weighted by Crippen LogP contribution is -2.34. The molecule has 0 spiro atoms. The molecule has 1 heterocycles. The van der Waals surface area contributed by atoms with Crippen LogP contribution >= 0.6 is 0 Å². The Bertz CT molecular complexity index is 903. The van der Waals surface area contributed by atoms with Crippen LogP contribution in [0.5, 0.6) is 23.0 Å².